The fourth-order valence-corrected chi connectivity index (χ4v) is 1.62. The van der Waals surface area contributed by atoms with Crippen molar-refractivity contribution in [3.63, 3.8) is 0 Å². The van der Waals surface area contributed by atoms with E-state index in [-0.39, 0.29) is 6.42 Å². The first kappa shape index (κ1) is 13.2. The van der Waals surface area contributed by atoms with E-state index in [9.17, 15) is 9.59 Å². The third-order valence-corrected chi connectivity index (χ3v) is 2.68. The highest BCUT2D eigenvalue weighted by molar-refractivity contribution is 5.92. The molecule has 0 spiro atoms. The van der Waals surface area contributed by atoms with Crippen LogP contribution in [0.2, 0.25) is 0 Å². The largest absolute Gasteiger partial charge is 0.481 e. The van der Waals surface area contributed by atoms with Gasteiger partial charge in [-0.1, -0.05) is 29.8 Å². The van der Waals surface area contributed by atoms with Crippen LogP contribution in [0.1, 0.15) is 24.0 Å². The van der Waals surface area contributed by atoms with Crippen LogP contribution < -0.4 is 0 Å². The van der Waals surface area contributed by atoms with Gasteiger partial charge in [0.15, 0.2) is 5.92 Å². The molecule has 0 unspecified atom stereocenters. The van der Waals surface area contributed by atoms with Crippen molar-refractivity contribution in [2.75, 3.05) is 0 Å². The zero-order valence-corrected chi connectivity index (χ0v) is 9.72. The Morgan fingerprint density at radius 1 is 1.12 bits per heavy atom. The highest BCUT2D eigenvalue weighted by atomic mass is 16.4. The summed E-state index contributed by atoms with van der Waals surface area (Å²) in [6.45, 7) is 1.99. The maximum Gasteiger partial charge on any atom is 0.317 e. The summed E-state index contributed by atoms with van der Waals surface area (Å²) in [6.07, 6.45) is 1.43. The smallest absolute Gasteiger partial charge is 0.317 e. The van der Waals surface area contributed by atoms with Gasteiger partial charge in [-0.25, -0.2) is 0 Å². The van der Waals surface area contributed by atoms with Gasteiger partial charge in [0.05, 0.1) is 0 Å². The van der Waals surface area contributed by atoms with Crippen LogP contribution in [0.3, 0.4) is 0 Å². The van der Waals surface area contributed by atoms with Crippen molar-refractivity contribution in [3.8, 4) is 0 Å². The van der Waals surface area contributed by atoms with E-state index in [1.54, 1.807) is 0 Å². The van der Waals surface area contributed by atoms with Crippen molar-refractivity contribution in [2.45, 2.75) is 26.2 Å². The van der Waals surface area contributed by atoms with Crippen LogP contribution in [-0.2, 0) is 16.0 Å². The molecule has 0 amide bonds. The third kappa shape index (κ3) is 4.26. The fraction of sp³-hybridized carbons (Fsp3) is 0.385. The Balaban J connectivity index is 2.43. The lowest BCUT2D eigenvalue weighted by Gasteiger charge is -2.07. The molecule has 92 valence electrons. The zero-order chi connectivity index (χ0) is 12.8. The SMILES string of the molecule is Cc1ccc(CCCC(C(=O)O)C(=O)O)cc1. The van der Waals surface area contributed by atoms with Gasteiger partial charge in [0.1, 0.15) is 0 Å². The number of carboxylic acid groups (broad SMARTS) is 2. The van der Waals surface area contributed by atoms with Gasteiger partial charge >= 0.3 is 11.9 Å². The van der Waals surface area contributed by atoms with Crippen LogP contribution in [0.4, 0.5) is 0 Å². The molecule has 4 nitrogen and oxygen atoms in total. The van der Waals surface area contributed by atoms with Gasteiger partial charge in [-0.3, -0.25) is 9.59 Å². The number of aliphatic carboxylic acids is 2. The lowest BCUT2D eigenvalue weighted by molar-refractivity contribution is -0.154. The minimum atomic E-state index is -1.29. The lowest BCUT2D eigenvalue weighted by Crippen LogP contribution is -2.23. The molecular formula is C13H16O4. The summed E-state index contributed by atoms with van der Waals surface area (Å²) in [4.78, 5) is 21.3. The first-order valence-electron chi connectivity index (χ1n) is 5.52. The van der Waals surface area contributed by atoms with E-state index in [0.29, 0.717) is 12.8 Å². The second kappa shape index (κ2) is 6.03. The molecule has 0 saturated carbocycles. The Morgan fingerprint density at radius 3 is 2.12 bits per heavy atom. The van der Waals surface area contributed by atoms with E-state index in [1.165, 1.54) is 5.56 Å². The van der Waals surface area contributed by atoms with E-state index in [2.05, 4.69) is 0 Å². The standard InChI is InChI=1S/C13H16O4/c1-9-5-7-10(8-6-9)3-2-4-11(12(14)15)13(16)17/h5-8,11H,2-4H2,1H3,(H,14,15)(H,16,17). The molecular weight excluding hydrogens is 220 g/mol. The number of carboxylic acids is 2. The monoisotopic (exact) mass is 236 g/mol. The average molecular weight is 236 g/mol. The second-order valence-corrected chi connectivity index (χ2v) is 4.11. The molecule has 0 aliphatic carbocycles. The third-order valence-electron chi connectivity index (χ3n) is 2.68. The van der Waals surface area contributed by atoms with Gasteiger partial charge in [-0.2, -0.15) is 0 Å². The zero-order valence-electron chi connectivity index (χ0n) is 9.72. The topological polar surface area (TPSA) is 74.6 Å². The maximum absolute atomic E-state index is 10.6. The molecule has 1 aromatic rings. The van der Waals surface area contributed by atoms with Crippen LogP contribution in [0, 0.1) is 12.8 Å². The minimum absolute atomic E-state index is 0.165. The van der Waals surface area contributed by atoms with Gasteiger partial charge < -0.3 is 10.2 Å². The van der Waals surface area contributed by atoms with E-state index in [0.717, 1.165) is 5.56 Å². The predicted octanol–water partition coefficient (Wildman–Crippen LogP) is 2.10. The molecule has 0 aromatic heterocycles. The molecule has 0 aliphatic rings. The molecule has 2 N–H and O–H groups in total. The maximum atomic E-state index is 10.6. The molecule has 0 saturated heterocycles. The Morgan fingerprint density at radius 2 is 1.65 bits per heavy atom. The van der Waals surface area contributed by atoms with Gasteiger partial charge in [0, 0.05) is 0 Å². The molecule has 0 radical (unpaired) electrons. The quantitative estimate of drug-likeness (QED) is 0.742. The Hall–Kier alpha value is -1.84. The van der Waals surface area contributed by atoms with E-state index >= 15 is 0 Å². The molecule has 0 bridgehead atoms. The second-order valence-electron chi connectivity index (χ2n) is 4.11. The van der Waals surface area contributed by atoms with Gasteiger partial charge in [0.25, 0.3) is 0 Å². The molecule has 1 rings (SSSR count). The van der Waals surface area contributed by atoms with Gasteiger partial charge in [-0.05, 0) is 31.7 Å². The van der Waals surface area contributed by atoms with E-state index in [1.807, 2.05) is 31.2 Å². The highest BCUT2D eigenvalue weighted by Crippen LogP contribution is 2.12. The molecule has 1 aromatic carbocycles. The fourth-order valence-electron chi connectivity index (χ4n) is 1.62. The van der Waals surface area contributed by atoms with Crippen LogP contribution >= 0.6 is 0 Å². The Kier molecular flexibility index (Phi) is 4.69. The summed E-state index contributed by atoms with van der Waals surface area (Å²) in [6, 6.07) is 7.93. The Bertz CT molecular complexity index is 380. The lowest BCUT2D eigenvalue weighted by atomic mass is 9.99. The normalized spacial score (nSPS) is 10.5. The summed E-state index contributed by atoms with van der Waals surface area (Å²) in [5, 5.41) is 17.4. The molecule has 0 heterocycles. The van der Waals surface area contributed by atoms with Crippen molar-refractivity contribution < 1.29 is 19.8 Å². The van der Waals surface area contributed by atoms with Crippen LogP contribution in [0.15, 0.2) is 24.3 Å². The van der Waals surface area contributed by atoms with E-state index < -0.39 is 17.9 Å². The summed E-state index contributed by atoms with van der Waals surface area (Å²) < 4.78 is 0. The molecule has 0 atom stereocenters. The number of hydrogen-bond donors (Lipinski definition) is 2. The Labute approximate surface area is 99.9 Å². The first-order valence-corrected chi connectivity index (χ1v) is 5.52. The first-order chi connectivity index (χ1) is 8.00. The minimum Gasteiger partial charge on any atom is -0.481 e. The number of rotatable bonds is 6. The van der Waals surface area contributed by atoms with Crippen molar-refractivity contribution in [1.29, 1.82) is 0 Å². The predicted molar refractivity (Wildman–Crippen MR) is 62.9 cm³/mol. The molecule has 0 aliphatic heterocycles. The van der Waals surface area contributed by atoms with Crippen LogP contribution in [-0.4, -0.2) is 22.2 Å². The van der Waals surface area contributed by atoms with E-state index in [4.69, 9.17) is 10.2 Å². The van der Waals surface area contributed by atoms with Crippen molar-refractivity contribution >= 4 is 11.9 Å². The number of aryl methyl sites for hydroxylation is 2. The number of benzene rings is 1. The van der Waals surface area contributed by atoms with Gasteiger partial charge in [-0.15, -0.1) is 0 Å². The number of carbonyl (C=O) groups is 2. The van der Waals surface area contributed by atoms with Crippen LogP contribution in [0.25, 0.3) is 0 Å². The van der Waals surface area contributed by atoms with Crippen molar-refractivity contribution in [1.82, 2.24) is 0 Å². The number of hydrogen-bond acceptors (Lipinski definition) is 2. The van der Waals surface area contributed by atoms with Crippen molar-refractivity contribution in [3.05, 3.63) is 35.4 Å². The highest BCUT2D eigenvalue weighted by Gasteiger charge is 2.24. The summed E-state index contributed by atoms with van der Waals surface area (Å²) in [5.74, 6) is -3.82. The van der Waals surface area contributed by atoms with Crippen LogP contribution in [0.5, 0.6) is 0 Å². The summed E-state index contributed by atoms with van der Waals surface area (Å²) in [7, 11) is 0. The van der Waals surface area contributed by atoms with Gasteiger partial charge in [0.2, 0.25) is 0 Å². The van der Waals surface area contributed by atoms with Crippen molar-refractivity contribution in [2.24, 2.45) is 5.92 Å². The molecule has 4 heteroatoms. The molecule has 0 fully saturated rings. The summed E-state index contributed by atoms with van der Waals surface area (Å²) in [5.41, 5.74) is 2.27. The molecule has 17 heavy (non-hydrogen) atoms. The summed E-state index contributed by atoms with van der Waals surface area (Å²) >= 11 is 0. The average Bonchev–Trinajstić information content (AvgIpc) is 2.25.